The molecule has 4 nitrogen and oxygen atoms in total. The van der Waals surface area contributed by atoms with Crippen molar-refractivity contribution >= 4 is 10.4 Å². The SMILES string of the molecule is CCCCCCCCCCCCC(C)C(C)(C)OS(=O)(=O)O. The average Bonchev–Trinajstić information content (AvgIpc) is 2.38. The fourth-order valence-corrected chi connectivity index (χ4v) is 3.35. The number of unbranched alkanes of at least 4 members (excludes halogenated alkanes) is 9. The van der Waals surface area contributed by atoms with Crippen molar-refractivity contribution in [3.05, 3.63) is 0 Å². The first-order chi connectivity index (χ1) is 10.2. The van der Waals surface area contributed by atoms with Gasteiger partial charge in [0.25, 0.3) is 0 Å². The van der Waals surface area contributed by atoms with Gasteiger partial charge in [0.05, 0.1) is 5.60 Å². The molecule has 134 valence electrons. The van der Waals surface area contributed by atoms with Crippen LogP contribution < -0.4 is 0 Å². The third-order valence-corrected chi connectivity index (χ3v) is 5.14. The summed E-state index contributed by atoms with van der Waals surface area (Å²) in [5.74, 6) is 0.0865. The van der Waals surface area contributed by atoms with E-state index in [0.29, 0.717) is 0 Å². The lowest BCUT2D eigenvalue weighted by molar-refractivity contribution is 0.0414. The third-order valence-electron chi connectivity index (χ3n) is 4.50. The van der Waals surface area contributed by atoms with Gasteiger partial charge in [-0.2, -0.15) is 8.42 Å². The topological polar surface area (TPSA) is 63.6 Å². The molecule has 0 amide bonds. The summed E-state index contributed by atoms with van der Waals surface area (Å²) in [6, 6.07) is 0. The fraction of sp³-hybridized carbons (Fsp3) is 1.00. The van der Waals surface area contributed by atoms with Crippen molar-refractivity contribution in [1.29, 1.82) is 0 Å². The molecule has 0 saturated carbocycles. The smallest absolute Gasteiger partial charge is 0.264 e. The summed E-state index contributed by atoms with van der Waals surface area (Å²) in [6.45, 7) is 7.63. The van der Waals surface area contributed by atoms with E-state index in [9.17, 15) is 8.42 Å². The lowest BCUT2D eigenvalue weighted by Gasteiger charge is -2.29. The lowest BCUT2D eigenvalue weighted by atomic mass is 9.88. The zero-order valence-electron chi connectivity index (χ0n) is 14.9. The Kier molecular flexibility index (Phi) is 11.3. The maximum absolute atomic E-state index is 10.8. The highest BCUT2D eigenvalue weighted by Gasteiger charge is 2.31. The summed E-state index contributed by atoms with van der Waals surface area (Å²) >= 11 is 0. The Balaban J connectivity index is 3.62. The molecule has 5 heteroatoms. The predicted octanol–water partition coefficient (Wildman–Crippen LogP) is 5.53. The van der Waals surface area contributed by atoms with Crippen LogP contribution in [0.15, 0.2) is 0 Å². The van der Waals surface area contributed by atoms with Crippen LogP contribution in [0.5, 0.6) is 0 Å². The van der Waals surface area contributed by atoms with E-state index in [0.717, 1.165) is 12.8 Å². The van der Waals surface area contributed by atoms with Crippen LogP contribution in [-0.4, -0.2) is 18.6 Å². The Morgan fingerprint density at radius 2 is 1.32 bits per heavy atom. The molecule has 0 aromatic heterocycles. The molecular formula is C17H36O4S. The van der Waals surface area contributed by atoms with Crippen LogP contribution in [0.1, 0.15) is 98.3 Å². The van der Waals surface area contributed by atoms with Crippen LogP contribution in [0.4, 0.5) is 0 Å². The van der Waals surface area contributed by atoms with Crippen LogP contribution in [0.2, 0.25) is 0 Å². The van der Waals surface area contributed by atoms with Crippen molar-refractivity contribution < 1.29 is 17.2 Å². The fourth-order valence-electron chi connectivity index (χ4n) is 2.64. The minimum Gasteiger partial charge on any atom is -0.264 e. The van der Waals surface area contributed by atoms with Gasteiger partial charge in [-0.3, -0.25) is 4.55 Å². The highest BCUT2D eigenvalue weighted by Crippen LogP contribution is 2.27. The van der Waals surface area contributed by atoms with Gasteiger partial charge in [0.15, 0.2) is 0 Å². The van der Waals surface area contributed by atoms with E-state index in [2.05, 4.69) is 6.92 Å². The molecule has 0 aliphatic heterocycles. The molecule has 1 N–H and O–H groups in total. The largest absolute Gasteiger partial charge is 0.397 e. The minimum atomic E-state index is -4.38. The van der Waals surface area contributed by atoms with Crippen molar-refractivity contribution in [2.24, 2.45) is 5.92 Å². The van der Waals surface area contributed by atoms with Gasteiger partial charge >= 0.3 is 10.4 Å². The summed E-state index contributed by atoms with van der Waals surface area (Å²) in [5, 5.41) is 0. The highest BCUT2D eigenvalue weighted by molar-refractivity contribution is 7.80. The summed E-state index contributed by atoms with van der Waals surface area (Å²) in [4.78, 5) is 0. The molecule has 0 saturated heterocycles. The molecule has 1 unspecified atom stereocenters. The summed E-state index contributed by atoms with van der Waals surface area (Å²) in [5.41, 5.74) is -0.854. The summed E-state index contributed by atoms with van der Waals surface area (Å²) in [6.07, 6.45) is 13.8. The zero-order valence-corrected chi connectivity index (χ0v) is 15.8. The monoisotopic (exact) mass is 336 g/mol. The van der Waals surface area contributed by atoms with E-state index in [-0.39, 0.29) is 5.92 Å². The molecule has 0 fully saturated rings. The van der Waals surface area contributed by atoms with Crippen LogP contribution in [0.3, 0.4) is 0 Å². The first-order valence-corrected chi connectivity index (χ1v) is 10.2. The Morgan fingerprint density at radius 3 is 1.73 bits per heavy atom. The maximum atomic E-state index is 10.8. The Hall–Kier alpha value is -0.130. The van der Waals surface area contributed by atoms with E-state index in [4.69, 9.17) is 8.74 Å². The number of rotatable bonds is 14. The Morgan fingerprint density at radius 1 is 0.909 bits per heavy atom. The van der Waals surface area contributed by atoms with Crippen molar-refractivity contribution in [2.75, 3.05) is 0 Å². The van der Waals surface area contributed by atoms with E-state index in [1.54, 1.807) is 13.8 Å². The molecule has 22 heavy (non-hydrogen) atoms. The van der Waals surface area contributed by atoms with Gasteiger partial charge in [-0.15, -0.1) is 0 Å². The molecule has 0 spiro atoms. The molecule has 0 rings (SSSR count). The molecule has 0 aromatic rings. The van der Waals surface area contributed by atoms with Crippen molar-refractivity contribution in [1.82, 2.24) is 0 Å². The first-order valence-electron chi connectivity index (χ1n) is 8.87. The average molecular weight is 337 g/mol. The normalized spacial score (nSPS) is 14.2. The van der Waals surface area contributed by atoms with Gasteiger partial charge in [-0.05, 0) is 26.2 Å². The molecule has 0 aliphatic rings. The predicted molar refractivity (Wildman–Crippen MR) is 92.3 cm³/mol. The Bertz CT molecular complexity index is 363. The maximum Gasteiger partial charge on any atom is 0.397 e. The second-order valence-corrected chi connectivity index (χ2v) is 8.01. The highest BCUT2D eigenvalue weighted by atomic mass is 32.3. The van der Waals surface area contributed by atoms with Gasteiger partial charge in [-0.25, -0.2) is 4.18 Å². The summed E-state index contributed by atoms with van der Waals surface area (Å²) < 4.78 is 35.2. The quantitative estimate of drug-likeness (QED) is 0.334. The first kappa shape index (κ1) is 21.9. The van der Waals surface area contributed by atoms with Gasteiger partial charge < -0.3 is 0 Å². The van der Waals surface area contributed by atoms with Crippen LogP contribution in [0, 0.1) is 5.92 Å². The van der Waals surface area contributed by atoms with Crippen molar-refractivity contribution in [2.45, 2.75) is 104 Å². The summed E-state index contributed by atoms with van der Waals surface area (Å²) in [7, 11) is -4.38. The Labute approximate surface area is 138 Å². The van der Waals surface area contributed by atoms with E-state index < -0.39 is 16.0 Å². The van der Waals surface area contributed by atoms with Crippen molar-refractivity contribution in [3.8, 4) is 0 Å². The standard InChI is InChI=1S/C17H36O4S/c1-5-6-7-8-9-10-11-12-13-14-15-16(2)17(3,4)21-22(18,19)20/h16H,5-15H2,1-4H3,(H,18,19,20). The minimum absolute atomic E-state index is 0.0865. The molecule has 0 bridgehead atoms. The van der Waals surface area contributed by atoms with Gasteiger partial charge in [0, 0.05) is 0 Å². The molecule has 0 aromatic carbocycles. The second kappa shape index (κ2) is 11.4. The number of hydrogen-bond donors (Lipinski definition) is 1. The lowest BCUT2D eigenvalue weighted by Crippen LogP contribution is -2.35. The second-order valence-electron chi connectivity index (χ2n) is 6.99. The van der Waals surface area contributed by atoms with Gasteiger partial charge in [0.1, 0.15) is 0 Å². The van der Waals surface area contributed by atoms with E-state index in [1.807, 2.05) is 6.92 Å². The molecule has 1 atom stereocenters. The van der Waals surface area contributed by atoms with Gasteiger partial charge in [-0.1, -0.05) is 78.1 Å². The van der Waals surface area contributed by atoms with Gasteiger partial charge in [0.2, 0.25) is 0 Å². The molecular weight excluding hydrogens is 300 g/mol. The van der Waals surface area contributed by atoms with Crippen molar-refractivity contribution in [3.63, 3.8) is 0 Å². The van der Waals surface area contributed by atoms with E-state index in [1.165, 1.54) is 57.8 Å². The zero-order chi connectivity index (χ0) is 17.1. The van der Waals surface area contributed by atoms with Crippen LogP contribution >= 0.6 is 0 Å². The third kappa shape index (κ3) is 12.4. The van der Waals surface area contributed by atoms with Crippen LogP contribution in [0.25, 0.3) is 0 Å². The molecule has 0 heterocycles. The van der Waals surface area contributed by atoms with Crippen LogP contribution in [-0.2, 0) is 14.6 Å². The molecule has 0 aliphatic carbocycles. The molecule has 0 radical (unpaired) electrons. The van der Waals surface area contributed by atoms with E-state index >= 15 is 0 Å². The number of hydrogen-bond acceptors (Lipinski definition) is 3.